The first-order chi connectivity index (χ1) is 11.0. The van der Waals surface area contributed by atoms with Gasteiger partial charge >= 0.3 is 5.97 Å². The average Bonchev–Trinajstić information content (AvgIpc) is 3.20. The van der Waals surface area contributed by atoms with E-state index in [9.17, 15) is 9.59 Å². The Morgan fingerprint density at radius 1 is 1.43 bits per heavy atom. The van der Waals surface area contributed by atoms with Gasteiger partial charge in [-0.15, -0.1) is 11.3 Å². The highest BCUT2D eigenvalue weighted by Crippen LogP contribution is 2.39. The molecule has 23 heavy (non-hydrogen) atoms. The maximum Gasteiger partial charge on any atom is 0.341 e. The number of rotatable bonds is 4. The molecule has 0 atom stereocenters. The third-order valence-electron chi connectivity index (χ3n) is 4.05. The Kier molecular flexibility index (Phi) is 4.21. The van der Waals surface area contributed by atoms with Crippen LogP contribution in [0.3, 0.4) is 0 Å². The van der Waals surface area contributed by atoms with Crippen molar-refractivity contribution >= 4 is 28.2 Å². The number of esters is 1. The van der Waals surface area contributed by atoms with E-state index in [1.807, 2.05) is 13.8 Å². The largest absolute Gasteiger partial charge is 0.465 e. The molecule has 0 saturated heterocycles. The Morgan fingerprint density at radius 3 is 2.87 bits per heavy atom. The molecule has 2 aromatic heterocycles. The van der Waals surface area contributed by atoms with Crippen LogP contribution in [-0.4, -0.2) is 28.8 Å². The zero-order valence-corrected chi connectivity index (χ0v) is 14.2. The molecule has 3 rings (SSSR count). The normalized spacial score (nSPS) is 13.0. The van der Waals surface area contributed by atoms with Gasteiger partial charge in [0.15, 0.2) is 5.69 Å². The highest BCUT2D eigenvalue weighted by Gasteiger charge is 2.28. The van der Waals surface area contributed by atoms with E-state index in [1.54, 1.807) is 10.7 Å². The van der Waals surface area contributed by atoms with Crippen LogP contribution >= 0.6 is 11.3 Å². The van der Waals surface area contributed by atoms with Gasteiger partial charge in [-0.3, -0.25) is 9.48 Å². The summed E-state index contributed by atoms with van der Waals surface area (Å²) < 4.78 is 6.65. The van der Waals surface area contributed by atoms with Crippen molar-refractivity contribution in [1.29, 1.82) is 0 Å². The van der Waals surface area contributed by atoms with Gasteiger partial charge in [0.2, 0.25) is 0 Å². The molecule has 2 aromatic rings. The van der Waals surface area contributed by atoms with Gasteiger partial charge in [-0.05, 0) is 44.7 Å². The Balaban J connectivity index is 1.90. The Hall–Kier alpha value is -2.15. The van der Waals surface area contributed by atoms with E-state index in [1.165, 1.54) is 18.4 Å². The van der Waals surface area contributed by atoms with Gasteiger partial charge in [0.1, 0.15) is 5.00 Å². The first-order valence-electron chi connectivity index (χ1n) is 7.63. The van der Waals surface area contributed by atoms with Crippen LogP contribution in [0.4, 0.5) is 5.00 Å². The monoisotopic (exact) mass is 333 g/mol. The molecule has 0 radical (unpaired) electrons. The molecule has 7 heteroatoms. The van der Waals surface area contributed by atoms with Crippen LogP contribution in [0.5, 0.6) is 0 Å². The molecule has 122 valence electrons. The lowest BCUT2D eigenvalue weighted by Crippen LogP contribution is -2.15. The number of anilines is 1. The summed E-state index contributed by atoms with van der Waals surface area (Å²) in [4.78, 5) is 25.7. The fourth-order valence-corrected chi connectivity index (χ4v) is 4.19. The average molecular weight is 333 g/mol. The van der Waals surface area contributed by atoms with E-state index in [4.69, 9.17) is 4.74 Å². The van der Waals surface area contributed by atoms with Crippen LogP contribution in [-0.2, 0) is 24.1 Å². The third-order valence-corrected chi connectivity index (χ3v) is 5.26. The lowest BCUT2D eigenvalue weighted by atomic mass is 10.1. The first kappa shape index (κ1) is 15.7. The molecule has 0 aromatic carbocycles. The van der Waals surface area contributed by atoms with E-state index < -0.39 is 5.97 Å². The maximum atomic E-state index is 12.5. The number of fused-ring (bicyclic) bond motifs is 1. The number of amides is 1. The summed E-state index contributed by atoms with van der Waals surface area (Å²) in [5.74, 6) is -0.694. The molecule has 2 heterocycles. The highest BCUT2D eigenvalue weighted by atomic mass is 32.1. The molecular weight excluding hydrogens is 314 g/mol. The molecule has 1 amide bonds. The standard InChI is InChI=1S/C16H19N3O3S/c1-4-19-9(2)8-11(18-19)14(20)17-15-13(16(21)22-3)10-6-5-7-12(10)23-15/h8H,4-7H2,1-3H3,(H,17,20). The molecule has 0 fully saturated rings. The second kappa shape index (κ2) is 6.16. The maximum absolute atomic E-state index is 12.5. The lowest BCUT2D eigenvalue weighted by Gasteiger charge is -2.05. The first-order valence-corrected chi connectivity index (χ1v) is 8.45. The summed E-state index contributed by atoms with van der Waals surface area (Å²) in [5, 5.41) is 7.68. The summed E-state index contributed by atoms with van der Waals surface area (Å²) >= 11 is 1.46. The van der Waals surface area contributed by atoms with E-state index in [-0.39, 0.29) is 5.91 Å². The van der Waals surface area contributed by atoms with Crippen molar-refractivity contribution in [2.75, 3.05) is 12.4 Å². The Labute approximate surface area is 138 Å². The summed E-state index contributed by atoms with van der Waals surface area (Å²) in [5.41, 5.74) is 2.81. The topological polar surface area (TPSA) is 73.2 Å². The van der Waals surface area contributed by atoms with E-state index in [0.717, 1.165) is 35.4 Å². The van der Waals surface area contributed by atoms with Crippen LogP contribution in [0.1, 0.15) is 50.3 Å². The van der Waals surface area contributed by atoms with E-state index >= 15 is 0 Å². The number of carbonyl (C=O) groups excluding carboxylic acids is 2. The molecule has 0 spiro atoms. The van der Waals surface area contributed by atoms with Crippen LogP contribution in [0, 0.1) is 6.92 Å². The fraction of sp³-hybridized carbons (Fsp3) is 0.438. The molecule has 0 unspecified atom stereocenters. The number of methoxy groups -OCH3 is 1. The molecule has 0 bridgehead atoms. The molecular formula is C16H19N3O3S. The number of ether oxygens (including phenoxy) is 1. The predicted octanol–water partition coefficient (Wildman–Crippen LogP) is 2.80. The molecule has 1 N–H and O–H groups in total. The fourth-order valence-electron chi connectivity index (χ4n) is 2.92. The van der Waals surface area contributed by atoms with Crippen molar-refractivity contribution in [2.45, 2.75) is 39.7 Å². The highest BCUT2D eigenvalue weighted by molar-refractivity contribution is 7.17. The SMILES string of the molecule is CCn1nc(C(=O)Nc2sc3c(c2C(=O)OC)CCC3)cc1C. The second-order valence-electron chi connectivity index (χ2n) is 5.49. The van der Waals surface area contributed by atoms with Gasteiger partial charge in [0, 0.05) is 17.1 Å². The van der Waals surface area contributed by atoms with Gasteiger partial charge in [0.05, 0.1) is 12.7 Å². The van der Waals surface area contributed by atoms with Gasteiger partial charge in [0.25, 0.3) is 5.91 Å². The third kappa shape index (κ3) is 2.76. The zero-order chi connectivity index (χ0) is 16.6. The zero-order valence-electron chi connectivity index (χ0n) is 13.4. The summed E-state index contributed by atoms with van der Waals surface area (Å²) in [6.07, 6.45) is 2.85. The lowest BCUT2D eigenvalue weighted by molar-refractivity contribution is 0.0601. The number of hydrogen-bond acceptors (Lipinski definition) is 5. The minimum absolute atomic E-state index is 0.301. The van der Waals surface area contributed by atoms with Crippen molar-refractivity contribution in [3.63, 3.8) is 0 Å². The van der Waals surface area contributed by atoms with Crippen molar-refractivity contribution in [3.05, 3.63) is 33.5 Å². The van der Waals surface area contributed by atoms with Gasteiger partial charge in [-0.1, -0.05) is 0 Å². The minimum atomic E-state index is -0.394. The van der Waals surface area contributed by atoms with Crippen LogP contribution in [0.25, 0.3) is 0 Å². The molecule has 1 aliphatic rings. The molecule has 6 nitrogen and oxygen atoms in total. The van der Waals surface area contributed by atoms with Crippen molar-refractivity contribution in [1.82, 2.24) is 9.78 Å². The summed E-state index contributed by atoms with van der Waals surface area (Å²) in [6, 6.07) is 1.75. The van der Waals surface area contributed by atoms with Crippen LogP contribution in [0.15, 0.2) is 6.07 Å². The molecule has 0 aliphatic heterocycles. The van der Waals surface area contributed by atoms with Gasteiger partial charge < -0.3 is 10.1 Å². The van der Waals surface area contributed by atoms with Crippen molar-refractivity contribution < 1.29 is 14.3 Å². The van der Waals surface area contributed by atoms with Crippen molar-refractivity contribution in [3.8, 4) is 0 Å². The Bertz CT molecular complexity index is 776. The predicted molar refractivity (Wildman–Crippen MR) is 88.3 cm³/mol. The smallest absolute Gasteiger partial charge is 0.341 e. The van der Waals surface area contributed by atoms with Crippen LogP contribution < -0.4 is 5.32 Å². The van der Waals surface area contributed by atoms with E-state index in [0.29, 0.717) is 22.8 Å². The summed E-state index contributed by atoms with van der Waals surface area (Å²) in [7, 11) is 1.36. The Morgan fingerprint density at radius 2 is 2.22 bits per heavy atom. The molecule has 0 saturated carbocycles. The quantitative estimate of drug-likeness (QED) is 0.873. The van der Waals surface area contributed by atoms with Crippen LogP contribution in [0.2, 0.25) is 0 Å². The van der Waals surface area contributed by atoms with Gasteiger partial charge in [-0.25, -0.2) is 4.79 Å². The number of thiophene rings is 1. The minimum Gasteiger partial charge on any atom is -0.465 e. The molecule has 1 aliphatic carbocycles. The number of carbonyl (C=O) groups is 2. The number of nitrogens with one attached hydrogen (secondary N) is 1. The van der Waals surface area contributed by atoms with Gasteiger partial charge in [-0.2, -0.15) is 5.10 Å². The van der Waals surface area contributed by atoms with Crippen molar-refractivity contribution in [2.24, 2.45) is 0 Å². The number of aromatic nitrogens is 2. The number of aryl methyl sites for hydroxylation is 3. The number of hydrogen-bond donors (Lipinski definition) is 1. The number of nitrogens with zero attached hydrogens (tertiary/aromatic N) is 2. The summed E-state index contributed by atoms with van der Waals surface area (Å²) in [6.45, 7) is 4.59. The second-order valence-corrected chi connectivity index (χ2v) is 6.60. The van der Waals surface area contributed by atoms with E-state index in [2.05, 4.69) is 10.4 Å².